The fourth-order valence-electron chi connectivity index (χ4n) is 2.02. The van der Waals surface area contributed by atoms with Gasteiger partial charge in [0.05, 0.1) is 0 Å². The number of likely N-dealkylation sites (tertiary alicyclic amines) is 1. The van der Waals surface area contributed by atoms with E-state index < -0.39 is 0 Å². The van der Waals surface area contributed by atoms with E-state index in [1.807, 2.05) is 4.90 Å². The topological polar surface area (TPSA) is 75.4 Å². The molecule has 0 aromatic heterocycles. The molecule has 0 aromatic carbocycles. The predicted molar refractivity (Wildman–Crippen MR) is 61.7 cm³/mol. The van der Waals surface area contributed by atoms with Gasteiger partial charge in [-0.3, -0.25) is 9.59 Å². The van der Waals surface area contributed by atoms with Crippen LogP contribution in [0.25, 0.3) is 0 Å². The number of carbonyl (C=O) groups excluding carboxylic acids is 2. The van der Waals surface area contributed by atoms with E-state index in [1.54, 1.807) is 0 Å². The molecule has 0 saturated carbocycles. The van der Waals surface area contributed by atoms with Crippen molar-refractivity contribution in [3.63, 3.8) is 0 Å². The molecule has 16 heavy (non-hydrogen) atoms. The number of hydrogen-bond donors (Lipinski definition) is 2. The number of hydrogen-bond acceptors (Lipinski definition) is 3. The Bertz CT molecular complexity index is 256. The summed E-state index contributed by atoms with van der Waals surface area (Å²) in [5.74, 6) is 0.127. The van der Waals surface area contributed by atoms with Crippen LogP contribution in [0.5, 0.6) is 0 Å². The molecule has 0 radical (unpaired) electrons. The van der Waals surface area contributed by atoms with Crippen LogP contribution in [0.3, 0.4) is 0 Å². The van der Waals surface area contributed by atoms with E-state index in [2.05, 4.69) is 5.32 Å². The second-order valence-corrected chi connectivity index (χ2v) is 4.27. The maximum Gasteiger partial charge on any atom is 0.222 e. The van der Waals surface area contributed by atoms with Gasteiger partial charge in [0, 0.05) is 32.5 Å². The van der Waals surface area contributed by atoms with E-state index >= 15 is 0 Å². The Morgan fingerprint density at radius 3 is 2.88 bits per heavy atom. The van der Waals surface area contributed by atoms with Gasteiger partial charge in [-0.2, -0.15) is 0 Å². The van der Waals surface area contributed by atoms with Crippen LogP contribution in [0, 0.1) is 0 Å². The number of nitrogens with zero attached hydrogens (tertiary/aromatic N) is 1. The molecule has 1 atom stereocenters. The highest BCUT2D eigenvalue weighted by atomic mass is 16.2. The highest BCUT2D eigenvalue weighted by Crippen LogP contribution is 2.11. The fraction of sp³-hybridized carbons (Fsp3) is 0.818. The molecule has 1 unspecified atom stereocenters. The smallest absolute Gasteiger partial charge is 0.222 e. The van der Waals surface area contributed by atoms with E-state index in [0.29, 0.717) is 19.5 Å². The molecular formula is C11H21N3O2. The van der Waals surface area contributed by atoms with E-state index in [-0.39, 0.29) is 17.9 Å². The van der Waals surface area contributed by atoms with Crippen molar-refractivity contribution in [2.45, 2.75) is 38.6 Å². The molecule has 1 rings (SSSR count). The molecule has 0 aliphatic carbocycles. The summed E-state index contributed by atoms with van der Waals surface area (Å²) < 4.78 is 0. The largest absolute Gasteiger partial charge is 0.352 e. The van der Waals surface area contributed by atoms with Gasteiger partial charge in [-0.25, -0.2) is 0 Å². The molecular weight excluding hydrogens is 206 g/mol. The van der Waals surface area contributed by atoms with E-state index in [0.717, 1.165) is 25.8 Å². The number of nitrogens with two attached hydrogens (primary N) is 1. The summed E-state index contributed by atoms with van der Waals surface area (Å²) in [6.07, 6.45) is 3.17. The van der Waals surface area contributed by atoms with Gasteiger partial charge in [-0.1, -0.05) is 0 Å². The standard InChI is InChI=1S/C11H21N3O2/c1-9(15)13-10-4-3-7-14(8-10)11(16)5-2-6-12/h10H,2-8,12H2,1H3,(H,13,15). The molecule has 2 amide bonds. The third-order valence-electron chi connectivity index (χ3n) is 2.78. The zero-order valence-electron chi connectivity index (χ0n) is 9.87. The van der Waals surface area contributed by atoms with E-state index in [1.165, 1.54) is 6.92 Å². The SMILES string of the molecule is CC(=O)NC1CCCN(C(=O)CCCN)C1. The predicted octanol–water partition coefficient (Wildman–Crippen LogP) is -0.148. The van der Waals surface area contributed by atoms with Gasteiger partial charge in [0.25, 0.3) is 0 Å². The van der Waals surface area contributed by atoms with Crippen LogP contribution >= 0.6 is 0 Å². The summed E-state index contributed by atoms with van der Waals surface area (Å²) >= 11 is 0. The van der Waals surface area contributed by atoms with Crippen LogP contribution in [-0.4, -0.2) is 42.4 Å². The molecule has 1 heterocycles. The van der Waals surface area contributed by atoms with Gasteiger partial charge in [0.2, 0.25) is 11.8 Å². The maximum atomic E-state index is 11.7. The quantitative estimate of drug-likeness (QED) is 0.701. The summed E-state index contributed by atoms with van der Waals surface area (Å²) in [7, 11) is 0. The third-order valence-corrected chi connectivity index (χ3v) is 2.78. The van der Waals surface area contributed by atoms with E-state index in [4.69, 9.17) is 5.73 Å². The lowest BCUT2D eigenvalue weighted by Gasteiger charge is -2.33. The Hall–Kier alpha value is -1.10. The Morgan fingerprint density at radius 1 is 1.50 bits per heavy atom. The maximum absolute atomic E-state index is 11.7. The molecule has 1 aliphatic heterocycles. The van der Waals surface area contributed by atoms with Crippen LogP contribution in [0.4, 0.5) is 0 Å². The first kappa shape index (κ1) is 13.0. The summed E-state index contributed by atoms with van der Waals surface area (Å²) in [5.41, 5.74) is 5.37. The number of amides is 2. The van der Waals surface area contributed by atoms with Crippen molar-refractivity contribution in [2.75, 3.05) is 19.6 Å². The van der Waals surface area contributed by atoms with Crippen molar-refractivity contribution in [1.82, 2.24) is 10.2 Å². The molecule has 0 bridgehead atoms. The first-order valence-corrected chi connectivity index (χ1v) is 5.88. The first-order chi connectivity index (χ1) is 7.63. The molecule has 0 aromatic rings. The van der Waals surface area contributed by atoms with Crippen molar-refractivity contribution in [2.24, 2.45) is 5.73 Å². The van der Waals surface area contributed by atoms with Crippen molar-refractivity contribution in [3.8, 4) is 0 Å². The average Bonchev–Trinajstić information content (AvgIpc) is 2.25. The van der Waals surface area contributed by atoms with Gasteiger partial charge in [-0.15, -0.1) is 0 Å². The van der Waals surface area contributed by atoms with E-state index in [9.17, 15) is 9.59 Å². The van der Waals surface area contributed by atoms with Crippen LogP contribution in [-0.2, 0) is 9.59 Å². The van der Waals surface area contributed by atoms with Gasteiger partial charge in [0.15, 0.2) is 0 Å². The minimum absolute atomic E-state index is 0.0266. The lowest BCUT2D eigenvalue weighted by molar-refractivity contribution is -0.133. The zero-order valence-corrected chi connectivity index (χ0v) is 9.87. The molecule has 1 saturated heterocycles. The van der Waals surface area contributed by atoms with Crippen LogP contribution in [0.15, 0.2) is 0 Å². The molecule has 92 valence electrons. The highest BCUT2D eigenvalue weighted by Gasteiger charge is 2.23. The zero-order chi connectivity index (χ0) is 12.0. The Kier molecular flexibility index (Phi) is 5.25. The Balaban J connectivity index is 2.37. The lowest BCUT2D eigenvalue weighted by atomic mass is 10.1. The van der Waals surface area contributed by atoms with Crippen LogP contribution in [0.2, 0.25) is 0 Å². The second kappa shape index (κ2) is 6.48. The summed E-state index contributed by atoms with van der Waals surface area (Å²) in [6.45, 7) is 3.51. The molecule has 1 aliphatic rings. The molecule has 1 fully saturated rings. The number of piperidine rings is 1. The highest BCUT2D eigenvalue weighted by molar-refractivity contribution is 5.76. The first-order valence-electron chi connectivity index (χ1n) is 5.88. The molecule has 5 heteroatoms. The monoisotopic (exact) mass is 227 g/mol. The Morgan fingerprint density at radius 2 is 2.25 bits per heavy atom. The lowest BCUT2D eigenvalue weighted by Crippen LogP contribution is -2.49. The Labute approximate surface area is 96.4 Å². The minimum Gasteiger partial charge on any atom is -0.352 e. The van der Waals surface area contributed by atoms with Crippen molar-refractivity contribution in [3.05, 3.63) is 0 Å². The summed E-state index contributed by atoms with van der Waals surface area (Å²) in [6, 6.07) is 0.119. The third kappa shape index (κ3) is 4.18. The molecule has 5 nitrogen and oxygen atoms in total. The van der Waals surface area contributed by atoms with Gasteiger partial charge >= 0.3 is 0 Å². The number of rotatable bonds is 4. The normalized spacial score (nSPS) is 20.6. The van der Waals surface area contributed by atoms with Gasteiger partial charge in [-0.05, 0) is 25.8 Å². The van der Waals surface area contributed by atoms with Crippen molar-refractivity contribution >= 4 is 11.8 Å². The van der Waals surface area contributed by atoms with Crippen LogP contribution < -0.4 is 11.1 Å². The fourth-order valence-corrected chi connectivity index (χ4v) is 2.02. The summed E-state index contributed by atoms with van der Waals surface area (Å²) in [4.78, 5) is 24.5. The van der Waals surface area contributed by atoms with Crippen molar-refractivity contribution < 1.29 is 9.59 Å². The van der Waals surface area contributed by atoms with Crippen LogP contribution in [0.1, 0.15) is 32.6 Å². The van der Waals surface area contributed by atoms with Crippen molar-refractivity contribution in [1.29, 1.82) is 0 Å². The van der Waals surface area contributed by atoms with Gasteiger partial charge < -0.3 is 16.0 Å². The minimum atomic E-state index is -0.0266. The molecule has 0 spiro atoms. The molecule has 3 N–H and O–H groups in total. The van der Waals surface area contributed by atoms with Gasteiger partial charge in [0.1, 0.15) is 0 Å². The number of nitrogens with one attached hydrogen (secondary N) is 1. The average molecular weight is 227 g/mol. The number of carbonyl (C=O) groups is 2. The second-order valence-electron chi connectivity index (χ2n) is 4.27. The summed E-state index contributed by atoms with van der Waals surface area (Å²) in [5, 5.41) is 2.87.